The summed E-state index contributed by atoms with van der Waals surface area (Å²) in [5, 5.41) is 0.931. The molecule has 108 valence electrons. The van der Waals surface area contributed by atoms with Crippen LogP contribution in [0.15, 0.2) is 0 Å². The summed E-state index contributed by atoms with van der Waals surface area (Å²) in [7, 11) is -4.51. The first-order valence-corrected chi connectivity index (χ1v) is 7.28. The lowest BCUT2D eigenvalue weighted by Crippen LogP contribution is -2.39. The van der Waals surface area contributed by atoms with E-state index in [9.17, 15) is 14.2 Å². The van der Waals surface area contributed by atoms with E-state index in [2.05, 4.69) is 4.52 Å². The Hall–Kier alpha value is -0.990. The molecule has 0 aromatic rings. The molecule has 2 atom stereocenters. The molecule has 2 unspecified atom stereocenters. The molecule has 0 bridgehead atoms. The van der Waals surface area contributed by atoms with Crippen LogP contribution in [-0.2, 0) is 28.3 Å². The zero-order valence-corrected chi connectivity index (χ0v) is 10.8. The van der Waals surface area contributed by atoms with Gasteiger partial charge in [-0.2, -0.15) is 0 Å². The number of piperidine rings is 1. The zero-order valence-electron chi connectivity index (χ0n) is 9.93. The van der Waals surface area contributed by atoms with Gasteiger partial charge in [0.1, 0.15) is 6.10 Å². The van der Waals surface area contributed by atoms with Crippen LogP contribution in [0.4, 0.5) is 0 Å². The minimum atomic E-state index is -4.51. The maximum absolute atomic E-state index is 11.5. The molecule has 2 fully saturated rings. The Bertz CT molecular complexity index is 420. The van der Waals surface area contributed by atoms with E-state index >= 15 is 0 Å². The average Bonchev–Trinajstić information content (AvgIpc) is 3.07. The van der Waals surface area contributed by atoms with Crippen LogP contribution < -0.4 is 0 Å². The van der Waals surface area contributed by atoms with E-state index in [0.29, 0.717) is 6.42 Å². The van der Waals surface area contributed by atoms with E-state index in [-0.39, 0.29) is 37.9 Å². The molecule has 0 aromatic heterocycles. The van der Waals surface area contributed by atoms with Crippen molar-refractivity contribution in [2.75, 3.05) is 6.61 Å². The van der Waals surface area contributed by atoms with Gasteiger partial charge in [-0.1, -0.05) is 0 Å². The van der Waals surface area contributed by atoms with Gasteiger partial charge in [-0.05, 0) is 12.8 Å². The lowest BCUT2D eigenvalue weighted by Gasteiger charge is -2.21. The number of carbonyl (C=O) groups excluding carboxylic acids is 2. The third kappa shape index (κ3) is 4.26. The molecule has 1 amide bonds. The van der Waals surface area contributed by atoms with Crippen molar-refractivity contribution in [3.63, 3.8) is 0 Å². The molecule has 2 aliphatic heterocycles. The van der Waals surface area contributed by atoms with Gasteiger partial charge in [0.05, 0.1) is 13.0 Å². The highest BCUT2D eigenvalue weighted by atomic mass is 31.2. The standard InChI is InChI=1S/C9H14NO8P/c11-7-4-3-6-9(17-6)10(7)18-8(12)2-1-5-16-19(13,14)15/h6,9H,1-5H2,(H2,13,14,15). The Morgan fingerprint density at radius 2 is 2.26 bits per heavy atom. The van der Waals surface area contributed by atoms with Crippen LogP contribution in [-0.4, -0.2) is 45.7 Å². The SMILES string of the molecule is O=C(CCCOP(=O)(O)O)ON1C(=O)CCC2OC21. The molecule has 0 saturated carbocycles. The fraction of sp³-hybridized carbons (Fsp3) is 0.778. The highest BCUT2D eigenvalue weighted by molar-refractivity contribution is 7.46. The summed E-state index contributed by atoms with van der Waals surface area (Å²) < 4.78 is 19.7. The number of carbonyl (C=O) groups is 2. The topological polar surface area (TPSA) is 126 Å². The van der Waals surface area contributed by atoms with Gasteiger partial charge in [0, 0.05) is 6.42 Å². The number of ether oxygens (including phenoxy) is 1. The van der Waals surface area contributed by atoms with Crippen LogP contribution in [0.3, 0.4) is 0 Å². The number of phosphoric ester groups is 1. The third-order valence-electron chi connectivity index (χ3n) is 2.66. The highest BCUT2D eigenvalue weighted by Gasteiger charge is 2.51. The van der Waals surface area contributed by atoms with E-state index < -0.39 is 20.0 Å². The summed E-state index contributed by atoms with van der Waals surface area (Å²) >= 11 is 0. The van der Waals surface area contributed by atoms with Crippen molar-refractivity contribution in [3.05, 3.63) is 0 Å². The van der Waals surface area contributed by atoms with E-state index in [1.165, 1.54) is 0 Å². The second kappa shape index (κ2) is 5.56. The van der Waals surface area contributed by atoms with Gasteiger partial charge in [-0.3, -0.25) is 9.32 Å². The Morgan fingerprint density at radius 3 is 2.95 bits per heavy atom. The van der Waals surface area contributed by atoms with Crippen LogP contribution in [0.25, 0.3) is 0 Å². The quantitative estimate of drug-likeness (QED) is 0.388. The Morgan fingerprint density at radius 1 is 1.53 bits per heavy atom. The Kier molecular flexibility index (Phi) is 4.22. The number of nitrogens with zero attached hydrogens (tertiary/aromatic N) is 1. The number of hydrogen-bond acceptors (Lipinski definition) is 6. The second-order valence-electron chi connectivity index (χ2n) is 4.21. The van der Waals surface area contributed by atoms with Gasteiger partial charge in [0.2, 0.25) is 0 Å². The van der Waals surface area contributed by atoms with E-state index in [0.717, 1.165) is 5.06 Å². The molecule has 2 heterocycles. The number of hydrogen-bond donors (Lipinski definition) is 2. The van der Waals surface area contributed by atoms with Crippen molar-refractivity contribution < 1.29 is 38.0 Å². The Balaban J connectivity index is 1.67. The molecule has 0 radical (unpaired) electrons. The van der Waals surface area contributed by atoms with Gasteiger partial charge >= 0.3 is 13.8 Å². The summed E-state index contributed by atoms with van der Waals surface area (Å²) in [5.74, 6) is -0.975. The van der Waals surface area contributed by atoms with Gasteiger partial charge in [-0.15, -0.1) is 5.06 Å². The number of amides is 1. The van der Waals surface area contributed by atoms with Crippen molar-refractivity contribution >= 4 is 19.7 Å². The summed E-state index contributed by atoms with van der Waals surface area (Å²) in [4.78, 5) is 44.6. The normalized spacial score (nSPS) is 26.0. The molecule has 0 aromatic carbocycles. The predicted octanol–water partition coefficient (Wildman–Crippen LogP) is -0.319. The fourth-order valence-electron chi connectivity index (χ4n) is 1.73. The van der Waals surface area contributed by atoms with Crippen LogP contribution in [0.1, 0.15) is 25.7 Å². The first-order chi connectivity index (χ1) is 8.87. The summed E-state index contributed by atoms with van der Waals surface area (Å²) in [6.07, 6.45) is 0.353. The number of epoxide rings is 1. The summed E-state index contributed by atoms with van der Waals surface area (Å²) in [5.41, 5.74) is 0. The molecular formula is C9H14NO8P. The number of rotatable bonds is 6. The van der Waals surface area contributed by atoms with Crippen molar-refractivity contribution in [1.82, 2.24) is 5.06 Å². The predicted molar refractivity (Wildman–Crippen MR) is 58.1 cm³/mol. The largest absolute Gasteiger partial charge is 0.469 e. The molecule has 2 saturated heterocycles. The monoisotopic (exact) mass is 295 g/mol. The summed E-state index contributed by atoms with van der Waals surface area (Å²) in [6.45, 7) is -0.268. The molecule has 2 N–H and O–H groups in total. The van der Waals surface area contributed by atoms with Crippen molar-refractivity contribution in [1.29, 1.82) is 0 Å². The number of fused-ring (bicyclic) bond motifs is 1. The van der Waals surface area contributed by atoms with Gasteiger partial charge in [0.15, 0.2) is 6.23 Å². The minimum Gasteiger partial charge on any atom is -0.344 e. The highest BCUT2D eigenvalue weighted by Crippen LogP contribution is 2.36. The maximum Gasteiger partial charge on any atom is 0.469 e. The average molecular weight is 295 g/mol. The maximum atomic E-state index is 11.5. The zero-order chi connectivity index (χ0) is 14.0. The van der Waals surface area contributed by atoms with Crippen molar-refractivity contribution in [2.45, 2.75) is 38.0 Å². The van der Waals surface area contributed by atoms with E-state index in [1.807, 2.05) is 0 Å². The van der Waals surface area contributed by atoms with Crippen molar-refractivity contribution in [2.24, 2.45) is 0 Å². The first kappa shape index (κ1) is 14.4. The van der Waals surface area contributed by atoms with Crippen LogP contribution in [0, 0.1) is 0 Å². The molecule has 0 aliphatic carbocycles. The van der Waals surface area contributed by atoms with E-state index in [4.69, 9.17) is 19.4 Å². The fourth-order valence-corrected chi connectivity index (χ4v) is 2.09. The number of hydroxylamine groups is 2. The Labute approximate surface area is 108 Å². The minimum absolute atomic E-state index is 0.0523. The van der Waals surface area contributed by atoms with Crippen LogP contribution in [0.5, 0.6) is 0 Å². The second-order valence-corrected chi connectivity index (χ2v) is 5.45. The van der Waals surface area contributed by atoms with E-state index in [1.54, 1.807) is 0 Å². The van der Waals surface area contributed by atoms with Gasteiger partial charge in [0.25, 0.3) is 5.91 Å². The molecule has 0 spiro atoms. The van der Waals surface area contributed by atoms with Crippen LogP contribution in [0.2, 0.25) is 0 Å². The number of phosphoric acid groups is 1. The molecule has 10 heteroatoms. The summed E-state index contributed by atoms with van der Waals surface area (Å²) in [6, 6.07) is 0. The van der Waals surface area contributed by atoms with Gasteiger partial charge < -0.3 is 19.4 Å². The molecular weight excluding hydrogens is 281 g/mol. The molecule has 2 rings (SSSR count). The molecule has 2 aliphatic rings. The lowest BCUT2D eigenvalue weighted by atomic mass is 10.1. The first-order valence-electron chi connectivity index (χ1n) is 5.75. The smallest absolute Gasteiger partial charge is 0.344 e. The molecule has 9 nitrogen and oxygen atoms in total. The van der Waals surface area contributed by atoms with Crippen LogP contribution >= 0.6 is 7.82 Å². The molecule has 19 heavy (non-hydrogen) atoms. The third-order valence-corrected chi connectivity index (χ3v) is 3.18. The van der Waals surface area contributed by atoms with Crippen molar-refractivity contribution in [3.8, 4) is 0 Å². The lowest BCUT2D eigenvalue weighted by molar-refractivity contribution is -0.208. The van der Waals surface area contributed by atoms with Gasteiger partial charge in [-0.25, -0.2) is 9.36 Å².